The molecule has 0 aliphatic carbocycles. The van der Waals surface area contributed by atoms with Gasteiger partial charge >= 0.3 is 0 Å². The number of nitrogens with zero attached hydrogens (tertiary/aromatic N) is 5. The number of hydrogen-bond acceptors (Lipinski definition) is 5. The highest BCUT2D eigenvalue weighted by Crippen LogP contribution is 2.22. The summed E-state index contributed by atoms with van der Waals surface area (Å²) >= 11 is 0. The molecule has 1 aliphatic heterocycles. The number of guanidine groups is 1. The zero-order valence-corrected chi connectivity index (χ0v) is 20.5. The molecule has 0 spiro atoms. The molecule has 2 aromatic heterocycles. The topological polar surface area (TPSA) is 80.7 Å². The van der Waals surface area contributed by atoms with Gasteiger partial charge in [0.1, 0.15) is 18.2 Å². The van der Waals surface area contributed by atoms with Gasteiger partial charge in [0.25, 0.3) is 0 Å². The molecule has 0 bridgehead atoms. The lowest BCUT2D eigenvalue weighted by atomic mass is 10.1. The third kappa shape index (κ3) is 6.06. The molecule has 1 fully saturated rings. The molecule has 1 aromatic carbocycles. The van der Waals surface area contributed by atoms with Crippen LogP contribution in [0.15, 0.2) is 52.3 Å². The molecule has 3 aromatic rings. The number of halogens is 2. The van der Waals surface area contributed by atoms with Crippen LogP contribution in [0.1, 0.15) is 24.3 Å². The average Bonchev–Trinajstić information content (AvgIpc) is 3.43. The zero-order chi connectivity index (χ0) is 21.6. The normalized spacial score (nSPS) is 16.7. The van der Waals surface area contributed by atoms with E-state index in [1.54, 1.807) is 23.1 Å². The molecule has 32 heavy (non-hydrogen) atoms. The molecule has 1 N–H and O–H groups in total. The SMILES string of the molecule is CCNC(=NCCc1coc(-c2ccc(F)cc2)n1)N1CCOC(c2cnn(C)c2)C1.I. The molecular formula is C22H28FIN6O2. The molecule has 3 heterocycles. The van der Waals surface area contributed by atoms with E-state index in [1.165, 1.54) is 12.1 Å². The molecule has 0 saturated carbocycles. The Hall–Kier alpha value is -2.47. The van der Waals surface area contributed by atoms with E-state index in [-0.39, 0.29) is 35.9 Å². The Morgan fingerprint density at radius 3 is 2.84 bits per heavy atom. The number of aryl methyl sites for hydroxylation is 1. The largest absolute Gasteiger partial charge is 0.444 e. The fourth-order valence-electron chi connectivity index (χ4n) is 3.50. The highest BCUT2D eigenvalue weighted by atomic mass is 127. The Morgan fingerprint density at radius 1 is 1.31 bits per heavy atom. The standard InChI is InChI=1S/C22H27FN6O2.HI/c1-3-24-22(29-10-11-30-20(14-29)17-12-26-28(2)13-17)25-9-8-19-15-31-21(27-19)16-4-6-18(23)7-5-16;/h4-7,12-13,15,20H,3,8-11,14H2,1-2H3,(H,24,25);1H. The molecule has 172 valence electrons. The summed E-state index contributed by atoms with van der Waals surface area (Å²) in [6, 6.07) is 6.10. The summed E-state index contributed by atoms with van der Waals surface area (Å²) in [5, 5.41) is 7.62. The van der Waals surface area contributed by atoms with Crippen LogP contribution in [0.5, 0.6) is 0 Å². The third-order valence-corrected chi connectivity index (χ3v) is 5.07. The van der Waals surface area contributed by atoms with Crippen molar-refractivity contribution in [2.75, 3.05) is 32.8 Å². The first kappa shape index (κ1) is 24.2. The Labute approximate surface area is 203 Å². The van der Waals surface area contributed by atoms with Crippen molar-refractivity contribution < 1.29 is 13.5 Å². The molecule has 10 heteroatoms. The number of ether oxygens (including phenoxy) is 1. The minimum atomic E-state index is -0.283. The number of hydrogen-bond donors (Lipinski definition) is 1. The van der Waals surface area contributed by atoms with Crippen molar-refractivity contribution >= 4 is 29.9 Å². The molecule has 8 nitrogen and oxygen atoms in total. The molecule has 1 atom stereocenters. The minimum Gasteiger partial charge on any atom is -0.444 e. The van der Waals surface area contributed by atoms with Crippen LogP contribution in [0.2, 0.25) is 0 Å². The maximum absolute atomic E-state index is 13.1. The molecular weight excluding hydrogens is 526 g/mol. The Morgan fingerprint density at radius 2 is 2.12 bits per heavy atom. The van der Waals surface area contributed by atoms with Crippen LogP contribution >= 0.6 is 24.0 Å². The minimum absolute atomic E-state index is 0. The van der Waals surface area contributed by atoms with Gasteiger partial charge in [0.05, 0.1) is 25.0 Å². The van der Waals surface area contributed by atoms with E-state index in [2.05, 4.69) is 27.2 Å². The Kier molecular flexibility index (Phi) is 8.62. The van der Waals surface area contributed by atoms with Gasteiger partial charge < -0.3 is 19.4 Å². The van der Waals surface area contributed by atoms with Gasteiger partial charge in [0.2, 0.25) is 5.89 Å². The fraction of sp³-hybridized carbons (Fsp3) is 0.409. The van der Waals surface area contributed by atoms with Crippen molar-refractivity contribution in [3.63, 3.8) is 0 Å². The van der Waals surface area contributed by atoms with Crippen molar-refractivity contribution in [1.29, 1.82) is 0 Å². The van der Waals surface area contributed by atoms with Gasteiger partial charge in [-0.1, -0.05) is 0 Å². The highest BCUT2D eigenvalue weighted by molar-refractivity contribution is 14.0. The van der Waals surface area contributed by atoms with E-state index >= 15 is 0 Å². The van der Waals surface area contributed by atoms with E-state index in [0.717, 1.165) is 42.4 Å². The molecule has 1 saturated heterocycles. The summed E-state index contributed by atoms with van der Waals surface area (Å²) in [5.74, 6) is 1.06. The Bertz CT molecular complexity index is 1020. The van der Waals surface area contributed by atoms with E-state index in [9.17, 15) is 4.39 Å². The molecule has 1 unspecified atom stereocenters. The second kappa shape index (κ2) is 11.4. The Balaban J connectivity index is 0.00000289. The summed E-state index contributed by atoms with van der Waals surface area (Å²) in [6.07, 6.45) is 6.09. The number of rotatable bonds is 6. The van der Waals surface area contributed by atoms with E-state index in [0.29, 0.717) is 25.5 Å². The van der Waals surface area contributed by atoms with Crippen molar-refractivity contribution in [3.8, 4) is 11.5 Å². The second-order valence-corrected chi connectivity index (χ2v) is 7.39. The number of morpholine rings is 1. The fourth-order valence-corrected chi connectivity index (χ4v) is 3.50. The molecule has 4 rings (SSSR count). The lowest BCUT2D eigenvalue weighted by Crippen LogP contribution is -2.48. The van der Waals surface area contributed by atoms with Gasteiger partial charge in [-0.3, -0.25) is 9.67 Å². The predicted octanol–water partition coefficient (Wildman–Crippen LogP) is 3.41. The van der Waals surface area contributed by atoms with Crippen molar-refractivity contribution in [1.82, 2.24) is 25.0 Å². The molecule has 0 radical (unpaired) electrons. The van der Waals surface area contributed by atoms with E-state index < -0.39 is 0 Å². The summed E-state index contributed by atoms with van der Waals surface area (Å²) in [7, 11) is 1.90. The number of nitrogens with one attached hydrogen (secondary N) is 1. The van der Waals surface area contributed by atoms with Crippen LogP contribution in [0.3, 0.4) is 0 Å². The monoisotopic (exact) mass is 554 g/mol. The number of oxazole rings is 1. The first-order valence-electron chi connectivity index (χ1n) is 10.5. The van der Waals surface area contributed by atoms with Gasteiger partial charge in [-0.05, 0) is 31.2 Å². The average molecular weight is 554 g/mol. The predicted molar refractivity (Wildman–Crippen MR) is 130 cm³/mol. The molecule has 1 aliphatic rings. The smallest absolute Gasteiger partial charge is 0.226 e. The number of aliphatic imine (C=N–C) groups is 1. The van der Waals surface area contributed by atoms with Gasteiger partial charge in [-0.25, -0.2) is 9.37 Å². The molecule has 0 amide bonds. The van der Waals surface area contributed by atoms with Crippen LogP contribution in [-0.4, -0.2) is 58.4 Å². The van der Waals surface area contributed by atoms with Gasteiger partial charge in [0, 0.05) is 50.4 Å². The van der Waals surface area contributed by atoms with Crippen LogP contribution in [-0.2, 0) is 18.2 Å². The van der Waals surface area contributed by atoms with Gasteiger partial charge in [-0.15, -0.1) is 24.0 Å². The number of benzene rings is 1. The number of aromatic nitrogens is 3. The summed E-state index contributed by atoms with van der Waals surface area (Å²) in [4.78, 5) is 11.5. The highest BCUT2D eigenvalue weighted by Gasteiger charge is 2.25. The van der Waals surface area contributed by atoms with Gasteiger partial charge in [-0.2, -0.15) is 5.10 Å². The summed E-state index contributed by atoms with van der Waals surface area (Å²) < 4.78 is 26.4. The lowest BCUT2D eigenvalue weighted by Gasteiger charge is -2.34. The maximum atomic E-state index is 13.1. The zero-order valence-electron chi connectivity index (χ0n) is 18.2. The first-order chi connectivity index (χ1) is 15.1. The van der Waals surface area contributed by atoms with Crippen LogP contribution in [0, 0.1) is 5.82 Å². The van der Waals surface area contributed by atoms with E-state index in [1.807, 2.05) is 19.4 Å². The van der Waals surface area contributed by atoms with Crippen molar-refractivity contribution in [3.05, 3.63) is 60.0 Å². The first-order valence-corrected chi connectivity index (χ1v) is 10.5. The lowest BCUT2D eigenvalue weighted by molar-refractivity contribution is -0.00803. The van der Waals surface area contributed by atoms with E-state index in [4.69, 9.17) is 14.1 Å². The second-order valence-electron chi connectivity index (χ2n) is 7.39. The van der Waals surface area contributed by atoms with Gasteiger partial charge in [0.15, 0.2) is 5.96 Å². The van der Waals surface area contributed by atoms with Crippen molar-refractivity contribution in [2.45, 2.75) is 19.4 Å². The van der Waals surface area contributed by atoms with Crippen molar-refractivity contribution in [2.24, 2.45) is 12.0 Å². The summed E-state index contributed by atoms with van der Waals surface area (Å²) in [5.41, 5.74) is 2.63. The maximum Gasteiger partial charge on any atom is 0.226 e. The third-order valence-electron chi connectivity index (χ3n) is 5.07. The quantitative estimate of drug-likeness (QED) is 0.286. The van der Waals surface area contributed by atoms with Crippen LogP contribution < -0.4 is 5.32 Å². The summed E-state index contributed by atoms with van der Waals surface area (Å²) in [6.45, 7) is 5.55. The van der Waals surface area contributed by atoms with Crippen LogP contribution in [0.25, 0.3) is 11.5 Å². The van der Waals surface area contributed by atoms with Crippen LogP contribution in [0.4, 0.5) is 4.39 Å².